The quantitative estimate of drug-likeness (QED) is 0.220. The molecule has 3 rings (SSSR count). The van der Waals surface area contributed by atoms with E-state index in [1.54, 1.807) is 0 Å². The summed E-state index contributed by atoms with van der Waals surface area (Å²) in [5, 5.41) is 0. The molecule has 0 aliphatic heterocycles. The van der Waals surface area contributed by atoms with E-state index in [-0.39, 0.29) is 5.97 Å². The van der Waals surface area contributed by atoms with Crippen molar-refractivity contribution in [3.05, 3.63) is 89.5 Å². The van der Waals surface area contributed by atoms with Crippen molar-refractivity contribution in [3.8, 4) is 16.9 Å². The van der Waals surface area contributed by atoms with Gasteiger partial charge in [0.15, 0.2) is 0 Å². The number of rotatable bonds is 11. The molecule has 0 spiro atoms. The maximum Gasteiger partial charge on any atom is 0.343 e. The Balaban J connectivity index is 1.57. The smallest absolute Gasteiger partial charge is 0.343 e. The van der Waals surface area contributed by atoms with Crippen LogP contribution in [-0.2, 0) is 12.8 Å². The first kappa shape index (κ1) is 24.8. The highest BCUT2D eigenvalue weighted by Crippen LogP contribution is 2.23. The minimum Gasteiger partial charge on any atom is -0.423 e. The van der Waals surface area contributed by atoms with E-state index in [1.165, 1.54) is 30.4 Å². The maximum absolute atomic E-state index is 12.6. The normalized spacial score (nSPS) is 12.8. The average Bonchev–Trinajstić information content (AvgIpc) is 2.84. The first-order chi connectivity index (χ1) is 16.0. The molecule has 2 atom stereocenters. The summed E-state index contributed by atoms with van der Waals surface area (Å²) in [6.07, 6.45) is 7.19. The summed E-state index contributed by atoms with van der Waals surface area (Å²) in [4.78, 5) is 12.6. The van der Waals surface area contributed by atoms with E-state index in [0.717, 1.165) is 36.3 Å². The number of benzene rings is 3. The zero-order valence-electron chi connectivity index (χ0n) is 20.6. The third-order valence-corrected chi connectivity index (χ3v) is 6.46. The molecule has 0 aliphatic rings. The summed E-state index contributed by atoms with van der Waals surface area (Å²) in [7, 11) is 0. The average molecular weight is 443 g/mol. The fraction of sp³-hybridized carbons (Fsp3) is 0.387. The Bertz CT molecular complexity index is 985. The standard InChI is InChI=1S/C31H38O2/c1-5-7-8-24(4)22-25-9-13-27(14-10-25)28-15-17-29(18-16-28)31(32)33-30-19-11-26(12-20-30)21-23(3)6-2/h9-20,23-24H,5-8,21-22H2,1-4H3. The predicted molar refractivity (Wildman–Crippen MR) is 139 cm³/mol. The van der Waals surface area contributed by atoms with Crippen LogP contribution in [0.5, 0.6) is 5.75 Å². The molecule has 0 heterocycles. The number of ether oxygens (including phenoxy) is 1. The summed E-state index contributed by atoms with van der Waals surface area (Å²) < 4.78 is 5.57. The molecule has 33 heavy (non-hydrogen) atoms. The predicted octanol–water partition coefficient (Wildman–Crippen LogP) is 8.53. The lowest BCUT2D eigenvalue weighted by Crippen LogP contribution is -2.08. The van der Waals surface area contributed by atoms with Crippen LogP contribution in [0.2, 0.25) is 0 Å². The Morgan fingerprint density at radius 1 is 0.727 bits per heavy atom. The molecule has 0 saturated carbocycles. The minimum absolute atomic E-state index is 0.326. The van der Waals surface area contributed by atoms with Gasteiger partial charge in [-0.15, -0.1) is 0 Å². The molecule has 174 valence electrons. The van der Waals surface area contributed by atoms with Gasteiger partial charge in [0.05, 0.1) is 5.56 Å². The third-order valence-electron chi connectivity index (χ3n) is 6.46. The van der Waals surface area contributed by atoms with Crippen LogP contribution in [0.25, 0.3) is 11.1 Å². The summed E-state index contributed by atoms with van der Waals surface area (Å²) in [5.41, 5.74) is 5.49. The molecule has 2 nitrogen and oxygen atoms in total. The van der Waals surface area contributed by atoms with Crippen LogP contribution < -0.4 is 4.74 Å². The van der Waals surface area contributed by atoms with Gasteiger partial charge >= 0.3 is 5.97 Å². The first-order valence-corrected chi connectivity index (χ1v) is 12.5. The molecule has 0 N–H and O–H groups in total. The topological polar surface area (TPSA) is 26.3 Å². The fourth-order valence-corrected chi connectivity index (χ4v) is 4.10. The second-order valence-electron chi connectivity index (χ2n) is 9.48. The summed E-state index contributed by atoms with van der Waals surface area (Å²) in [6.45, 7) is 9.04. The molecule has 0 radical (unpaired) electrons. The van der Waals surface area contributed by atoms with Crippen molar-refractivity contribution in [2.45, 2.75) is 66.2 Å². The zero-order valence-corrected chi connectivity index (χ0v) is 20.6. The molecular weight excluding hydrogens is 404 g/mol. The van der Waals surface area contributed by atoms with Crippen LogP contribution >= 0.6 is 0 Å². The lowest BCUT2D eigenvalue weighted by molar-refractivity contribution is 0.0734. The van der Waals surface area contributed by atoms with Gasteiger partial charge in [0.25, 0.3) is 0 Å². The summed E-state index contributed by atoms with van der Waals surface area (Å²) in [6, 6.07) is 24.3. The first-order valence-electron chi connectivity index (χ1n) is 12.5. The van der Waals surface area contributed by atoms with Crippen LogP contribution in [0.15, 0.2) is 72.8 Å². The molecule has 0 fully saturated rings. The van der Waals surface area contributed by atoms with Gasteiger partial charge in [0, 0.05) is 0 Å². The van der Waals surface area contributed by atoms with Crippen molar-refractivity contribution in [1.29, 1.82) is 0 Å². The van der Waals surface area contributed by atoms with E-state index in [2.05, 4.69) is 52.0 Å². The zero-order chi connectivity index (χ0) is 23.6. The third kappa shape index (κ3) is 7.60. The second-order valence-corrected chi connectivity index (χ2v) is 9.48. The maximum atomic E-state index is 12.6. The molecular formula is C31H38O2. The van der Waals surface area contributed by atoms with Crippen molar-refractivity contribution in [3.63, 3.8) is 0 Å². The Hall–Kier alpha value is -2.87. The summed E-state index contributed by atoms with van der Waals surface area (Å²) >= 11 is 0. The molecule has 2 unspecified atom stereocenters. The monoisotopic (exact) mass is 442 g/mol. The van der Waals surface area contributed by atoms with E-state index in [9.17, 15) is 4.79 Å². The second kappa shape index (κ2) is 12.4. The van der Waals surface area contributed by atoms with Gasteiger partial charge in [-0.2, -0.15) is 0 Å². The van der Waals surface area contributed by atoms with E-state index in [0.29, 0.717) is 17.2 Å². The van der Waals surface area contributed by atoms with E-state index < -0.39 is 0 Å². The molecule has 0 saturated heterocycles. The highest BCUT2D eigenvalue weighted by Gasteiger charge is 2.10. The molecule has 0 aromatic heterocycles. The van der Waals surface area contributed by atoms with Gasteiger partial charge in [0.1, 0.15) is 5.75 Å². The van der Waals surface area contributed by atoms with E-state index in [1.807, 2.05) is 48.5 Å². The summed E-state index contributed by atoms with van der Waals surface area (Å²) in [5.74, 6) is 1.63. The van der Waals surface area contributed by atoms with Crippen LogP contribution in [0.1, 0.15) is 74.9 Å². The molecule has 3 aromatic carbocycles. The van der Waals surface area contributed by atoms with E-state index >= 15 is 0 Å². The van der Waals surface area contributed by atoms with Gasteiger partial charge in [-0.05, 0) is 71.2 Å². The van der Waals surface area contributed by atoms with Crippen molar-refractivity contribution < 1.29 is 9.53 Å². The molecule has 3 aromatic rings. The number of hydrogen-bond acceptors (Lipinski definition) is 2. The molecule has 2 heteroatoms. The van der Waals surface area contributed by atoms with Crippen LogP contribution in [0.3, 0.4) is 0 Å². The van der Waals surface area contributed by atoms with Gasteiger partial charge in [-0.25, -0.2) is 4.79 Å². The minimum atomic E-state index is -0.326. The Morgan fingerprint density at radius 2 is 1.24 bits per heavy atom. The van der Waals surface area contributed by atoms with Gasteiger partial charge in [-0.3, -0.25) is 0 Å². The van der Waals surface area contributed by atoms with Crippen molar-refractivity contribution >= 4 is 5.97 Å². The van der Waals surface area contributed by atoms with E-state index in [4.69, 9.17) is 4.74 Å². The Kier molecular flexibility index (Phi) is 9.30. The van der Waals surface area contributed by atoms with Crippen LogP contribution in [0, 0.1) is 11.8 Å². The number of carbonyl (C=O) groups excluding carboxylic acids is 1. The lowest BCUT2D eigenvalue weighted by Gasteiger charge is -2.11. The van der Waals surface area contributed by atoms with Crippen molar-refractivity contribution in [2.75, 3.05) is 0 Å². The van der Waals surface area contributed by atoms with Crippen molar-refractivity contribution in [2.24, 2.45) is 11.8 Å². The van der Waals surface area contributed by atoms with Gasteiger partial charge < -0.3 is 4.74 Å². The number of unbranched alkanes of at least 4 members (excludes halogenated alkanes) is 1. The number of carbonyl (C=O) groups is 1. The fourth-order valence-electron chi connectivity index (χ4n) is 4.10. The molecule has 0 amide bonds. The number of esters is 1. The van der Waals surface area contributed by atoms with Gasteiger partial charge in [-0.1, -0.05) is 102 Å². The molecule has 0 aliphatic carbocycles. The molecule has 0 bridgehead atoms. The van der Waals surface area contributed by atoms with Crippen molar-refractivity contribution in [1.82, 2.24) is 0 Å². The van der Waals surface area contributed by atoms with Gasteiger partial charge in [0.2, 0.25) is 0 Å². The lowest BCUT2D eigenvalue weighted by atomic mass is 9.94. The SMILES string of the molecule is CCCCC(C)Cc1ccc(-c2ccc(C(=O)Oc3ccc(CC(C)CC)cc3)cc2)cc1. The largest absolute Gasteiger partial charge is 0.423 e. The highest BCUT2D eigenvalue weighted by atomic mass is 16.5. The number of hydrogen-bond donors (Lipinski definition) is 0. The highest BCUT2D eigenvalue weighted by molar-refractivity contribution is 5.91. The van der Waals surface area contributed by atoms with Crippen LogP contribution in [0.4, 0.5) is 0 Å². The van der Waals surface area contributed by atoms with Crippen LogP contribution in [-0.4, -0.2) is 5.97 Å². The Morgan fingerprint density at radius 3 is 1.79 bits per heavy atom. The Labute approximate surface area is 200 Å².